The maximum atomic E-state index is 12.0. The standard InChI is InChI=1S/C20H32N4O2.HI/c1-21-20(22-13-5-8-16-6-3-4-7-16)24-15-19(25)23-14-17-9-11-18(26-2)12-10-17;/h9-12,16H,3-8,13-15H2,1-2H3,(H,23,25)(H2,21,22,24);1H. The second kappa shape index (κ2) is 13.6. The average Bonchev–Trinajstić information content (AvgIpc) is 3.19. The van der Waals surface area contributed by atoms with Crippen molar-refractivity contribution in [2.45, 2.75) is 45.1 Å². The minimum Gasteiger partial charge on any atom is -0.497 e. The Bertz CT molecular complexity index is 572. The molecule has 27 heavy (non-hydrogen) atoms. The molecule has 7 heteroatoms. The van der Waals surface area contributed by atoms with Gasteiger partial charge in [-0.15, -0.1) is 24.0 Å². The third-order valence-electron chi connectivity index (χ3n) is 4.85. The van der Waals surface area contributed by atoms with Crippen molar-refractivity contribution in [2.24, 2.45) is 10.9 Å². The topological polar surface area (TPSA) is 74.8 Å². The van der Waals surface area contributed by atoms with E-state index in [0.29, 0.717) is 12.5 Å². The molecule has 3 N–H and O–H groups in total. The smallest absolute Gasteiger partial charge is 0.239 e. The van der Waals surface area contributed by atoms with Gasteiger partial charge in [0.2, 0.25) is 5.91 Å². The molecule has 1 aliphatic carbocycles. The molecule has 2 rings (SSSR count). The zero-order valence-electron chi connectivity index (χ0n) is 16.4. The lowest BCUT2D eigenvalue weighted by molar-refractivity contribution is -0.120. The van der Waals surface area contributed by atoms with Crippen LogP contribution >= 0.6 is 24.0 Å². The number of amides is 1. The molecule has 0 spiro atoms. The van der Waals surface area contributed by atoms with Gasteiger partial charge in [-0.3, -0.25) is 9.79 Å². The van der Waals surface area contributed by atoms with Crippen molar-refractivity contribution in [3.05, 3.63) is 29.8 Å². The Labute approximate surface area is 179 Å². The fourth-order valence-corrected chi connectivity index (χ4v) is 3.29. The first-order valence-corrected chi connectivity index (χ1v) is 9.55. The van der Waals surface area contributed by atoms with Crippen LogP contribution < -0.4 is 20.7 Å². The molecule has 1 aromatic rings. The Balaban J connectivity index is 0.00000364. The third-order valence-corrected chi connectivity index (χ3v) is 4.85. The van der Waals surface area contributed by atoms with Crippen LogP contribution in [0.25, 0.3) is 0 Å². The van der Waals surface area contributed by atoms with E-state index in [9.17, 15) is 4.79 Å². The van der Waals surface area contributed by atoms with Crippen LogP contribution in [0.5, 0.6) is 5.75 Å². The number of hydrogen-bond donors (Lipinski definition) is 3. The molecule has 0 heterocycles. The number of ether oxygens (including phenoxy) is 1. The largest absolute Gasteiger partial charge is 0.497 e. The van der Waals surface area contributed by atoms with Crippen LogP contribution in [0.3, 0.4) is 0 Å². The predicted octanol–water partition coefficient (Wildman–Crippen LogP) is 3.06. The SMILES string of the molecule is CN=C(NCCCC1CCCC1)NCC(=O)NCc1ccc(OC)cc1.I. The fourth-order valence-electron chi connectivity index (χ4n) is 3.29. The van der Waals surface area contributed by atoms with Gasteiger partial charge in [-0.1, -0.05) is 37.8 Å². The van der Waals surface area contributed by atoms with Gasteiger partial charge in [0.1, 0.15) is 5.75 Å². The van der Waals surface area contributed by atoms with Gasteiger partial charge in [-0.2, -0.15) is 0 Å². The van der Waals surface area contributed by atoms with Gasteiger partial charge in [0.25, 0.3) is 0 Å². The van der Waals surface area contributed by atoms with Crippen LogP contribution in [0.4, 0.5) is 0 Å². The summed E-state index contributed by atoms with van der Waals surface area (Å²) in [5.41, 5.74) is 1.04. The molecular weight excluding hydrogens is 455 g/mol. The first kappa shape index (κ1) is 23.5. The molecule has 0 aliphatic heterocycles. The molecular formula is C20H33IN4O2. The van der Waals surface area contributed by atoms with Gasteiger partial charge >= 0.3 is 0 Å². The lowest BCUT2D eigenvalue weighted by atomic mass is 10.0. The number of nitrogens with one attached hydrogen (secondary N) is 3. The van der Waals surface area contributed by atoms with E-state index in [1.807, 2.05) is 24.3 Å². The minimum atomic E-state index is -0.0604. The molecule has 0 atom stereocenters. The van der Waals surface area contributed by atoms with E-state index in [2.05, 4.69) is 20.9 Å². The molecule has 1 aliphatic rings. The predicted molar refractivity (Wildman–Crippen MR) is 121 cm³/mol. The maximum absolute atomic E-state index is 12.0. The number of hydrogen-bond acceptors (Lipinski definition) is 3. The summed E-state index contributed by atoms with van der Waals surface area (Å²) >= 11 is 0. The summed E-state index contributed by atoms with van der Waals surface area (Å²) < 4.78 is 5.12. The first-order valence-electron chi connectivity index (χ1n) is 9.55. The summed E-state index contributed by atoms with van der Waals surface area (Å²) in [7, 11) is 3.36. The van der Waals surface area contributed by atoms with Crippen molar-refractivity contribution in [1.82, 2.24) is 16.0 Å². The monoisotopic (exact) mass is 488 g/mol. The second-order valence-electron chi connectivity index (χ2n) is 6.77. The van der Waals surface area contributed by atoms with Crippen LogP contribution in [0.1, 0.15) is 44.1 Å². The van der Waals surface area contributed by atoms with Gasteiger partial charge in [0, 0.05) is 20.1 Å². The summed E-state index contributed by atoms with van der Waals surface area (Å²) in [6.45, 7) is 1.60. The van der Waals surface area contributed by atoms with E-state index >= 15 is 0 Å². The number of guanidine groups is 1. The highest BCUT2D eigenvalue weighted by molar-refractivity contribution is 14.0. The molecule has 6 nitrogen and oxygen atoms in total. The number of halogens is 1. The van der Waals surface area contributed by atoms with E-state index in [1.54, 1.807) is 14.2 Å². The number of rotatable bonds is 9. The Hall–Kier alpha value is -1.51. The lowest BCUT2D eigenvalue weighted by Gasteiger charge is -2.13. The molecule has 152 valence electrons. The number of methoxy groups -OCH3 is 1. The summed E-state index contributed by atoms with van der Waals surface area (Å²) in [5, 5.41) is 9.23. The van der Waals surface area contributed by atoms with Gasteiger partial charge in [-0.05, 0) is 36.5 Å². The molecule has 0 bridgehead atoms. The lowest BCUT2D eigenvalue weighted by Crippen LogP contribution is -2.43. The van der Waals surface area contributed by atoms with Crippen LogP contribution in [-0.2, 0) is 11.3 Å². The van der Waals surface area contributed by atoms with Crippen molar-refractivity contribution < 1.29 is 9.53 Å². The minimum absolute atomic E-state index is 0. The van der Waals surface area contributed by atoms with E-state index in [4.69, 9.17) is 4.74 Å². The normalized spacial score (nSPS) is 14.4. The summed E-state index contributed by atoms with van der Waals surface area (Å²) in [4.78, 5) is 16.1. The van der Waals surface area contributed by atoms with E-state index in [-0.39, 0.29) is 36.4 Å². The van der Waals surface area contributed by atoms with Crippen molar-refractivity contribution in [1.29, 1.82) is 0 Å². The highest BCUT2D eigenvalue weighted by Gasteiger charge is 2.14. The van der Waals surface area contributed by atoms with Crippen molar-refractivity contribution in [3.8, 4) is 5.75 Å². The molecule has 1 saturated carbocycles. The van der Waals surface area contributed by atoms with Crippen LogP contribution in [0, 0.1) is 5.92 Å². The number of aliphatic imine (C=N–C) groups is 1. The van der Waals surface area contributed by atoms with E-state index in [1.165, 1.54) is 32.1 Å². The van der Waals surface area contributed by atoms with Crippen molar-refractivity contribution >= 4 is 35.8 Å². The van der Waals surface area contributed by atoms with Gasteiger partial charge in [-0.25, -0.2) is 0 Å². The Morgan fingerprint density at radius 2 is 1.85 bits per heavy atom. The highest BCUT2D eigenvalue weighted by atomic mass is 127. The number of carbonyl (C=O) groups is 1. The van der Waals surface area contributed by atoms with Crippen LogP contribution in [-0.4, -0.2) is 39.1 Å². The Kier molecular flexibility index (Phi) is 11.9. The van der Waals surface area contributed by atoms with E-state index < -0.39 is 0 Å². The van der Waals surface area contributed by atoms with Gasteiger partial charge in [0.15, 0.2) is 5.96 Å². The fraction of sp³-hybridized carbons (Fsp3) is 0.600. The first-order chi connectivity index (χ1) is 12.7. The number of benzene rings is 1. The van der Waals surface area contributed by atoms with Gasteiger partial charge < -0.3 is 20.7 Å². The van der Waals surface area contributed by atoms with Gasteiger partial charge in [0.05, 0.1) is 13.7 Å². The summed E-state index contributed by atoms with van der Waals surface area (Å²) in [6.07, 6.45) is 8.00. The molecule has 0 radical (unpaired) electrons. The van der Waals surface area contributed by atoms with Crippen LogP contribution in [0.2, 0.25) is 0 Å². The average molecular weight is 488 g/mol. The van der Waals surface area contributed by atoms with Crippen molar-refractivity contribution in [3.63, 3.8) is 0 Å². The summed E-state index contributed by atoms with van der Waals surface area (Å²) in [5.74, 6) is 2.34. The Morgan fingerprint density at radius 1 is 1.15 bits per heavy atom. The zero-order chi connectivity index (χ0) is 18.6. The molecule has 0 unspecified atom stereocenters. The highest BCUT2D eigenvalue weighted by Crippen LogP contribution is 2.28. The molecule has 0 saturated heterocycles. The quantitative estimate of drug-likeness (QED) is 0.216. The molecule has 0 aromatic heterocycles. The molecule has 1 fully saturated rings. The van der Waals surface area contributed by atoms with Crippen LogP contribution in [0.15, 0.2) is 29.3 Å². The zero-order valence-corrected chi connectivity index (χ0v) is 18.8. The summed E-state index contributed by atoms with van der Waals surface area (Å²) in [6, 6.07) is 7.66. The molecule has 1 amide bonds. The van der Waals surface area contributed by atoms with E-state index in [0.717, 1.165) is 30.2 Å². The maximum Gasteiger partial charge on any atom is 0.239 e. The third kappa shape index (κ3) is 9.30. The number of nitrogens with zero attached hydrogens (tertiary/aromatic N) is 1. The number of carbonyl (C=O) groups excluding carboxylic acids is 1. The van der Waals surface area contributed by atoms with Crippen molar-refractivity contribution in [2.75, 3.05) is 27.2 Å². The second-order valence-corrected chi connectivity index (χ2v) is 6.77. The Morgan fingerprint density at radius 3 is 2.48 bits per heavy atom. The molecule has 1 aromatic carbocycles.